The summed E-state index contributed by atoms with van der Waals surface area (Å²) in [6, 6.07) is 1.56. The molecule has 0 radical (unpaired) electrons. The maximum atomic E-state index is 14.3. The molecule has 46 heavy (non-hydrogen) atoms. The molecule has 12 nitrogen and oxygen atoms in total. The number of aliphatic hydroxyl groups excluding tert-OH is 1. The second-order valence-corrected chi connectivity index (χ2v) is 11.6. The summed E-state index contributed by atoms with van der Waals surface area (Å²) in [6.07, 6.45) is 5.31. The maximum absolute atomic E-state index is 14.3. The van der Waals surface area contributed by atoms with Crippen molar-refractivity contribution >= 4 is 22.7 Å². The molecule has 0 unspecified atom stereocenters. The molecule has 3 N–H and O–H groups in total. The van der Waals surface area contributed by atoms with Crippen LogP contribution in [0.5, 0.6) is 5.75 Å². The van der Waals surface area contributed by atoms with Crippen LogP contribution in [0.3, 0.4) is 0 Å². The fraction of sp³-hybridized carbons (Fsp3) is 0.688. The molecule has 1 saturated heterocycles. The van der Waals surface area contributed by atoms with E-state index in [1.807, 2.05) is 0 Å². The van der Waals surface area contributed by atoms with E-state index in [9.17, 15) is 18.4 Å². The molecule has 14 heteroatoms. The van der Waals surface area contributed by atoms with Crippen LogP contribution >= 0.6 is 0 Å². The summed E-state index contributed by atoms with van der Waals surface area (Å²) in [5, 5.41) is 8.93. The molecule has 2 heterocycles. The number of nitrogens with two attached hydrogens (primary N) is 1. The van der Waals surface area contributed by atoms with Gasteiger partial charge in [0, 0.05) is 44.7 Å². The third kappa shape index (κ3) is 9.58. The Bertz CT molecular complexity index is 1260. The van der Waals surface area contributed by atoms with E-state index in [2.05, 4.69) is 0 Å². The lowest BCUT2D eigenvalue weighted by Crippen LogP contribution is -2.56. The van der Waals surface area contributed by atoms with E-state index in [1.165, 1.54) is 11.0 Å². The highest BCUT2D eigenvalue weighted by Crippen LogP contribution is 2.35. The van der Waals surface area contributed by atoms with E-state index in [1.54, 1.807) is 16.8 Å². The zero-order valence-electron chi connectivity index (χ0n) is 26.7. The minimum absolute atomic E-state index is 0.0218. The van der Waals surface area contributed by atoms with Gasteiger partial charge in [0.15, 0.2) is 23.1 Å². The summed E-state index contributed by atoms with van der Waals surface area (Å²) >= 11 is 0. The van der Waals surface area contributed by atoms with Gasteiger partial charge in [-0.3, -0.25) is 9.59 Å². The molecule has 4 rings (SSSR count). The number of halogens is 2. The van der Waals surface area contributed by atoms with Crippen LogP contribution in [0.2, 0.25) is 0 Å². The van der Waals surface area contributed by atoms with Gasteiger partial charge < -0.3 is 48.9 Å². The van der Waals surface area contributed by atoms with E-state index in [0.717, 1.165) is 37.8 Å². The minimum Gasteiger partial charge on any atom is -0.488 e. The molecule has 1 atom stereocenters. The Labute approximate surface area is 268 Å². The van der Waals surface area contributed by atoms with E-state index < -0.39 is 17.7 Å². The number of carbonyl (C=O) groups is 2. The van der Waals surface area contributed by atoms with Crippen molar-refractivity contribution in [1.29, 1.82) is 0 Å². The normalized spacial score (nSPS) is 16.7. The fourth-order valence-corrected chi connectivity index (χ4v) is 6.00. The molecule has 2 aliphatic rings. The van der Waals surface area contributed by atoms with Gasteiger partial charge in [-0.25, -0.2) is 8.78 Å². The van der Waals surface area contributed by atoms with Gasteiger partial charge >= 0.3 is 0 Å². The number of fused-ring (bicyclic) bond motifs is 1. The molecular formula is C32H48F2N4O8. The zero-order chi connectivity index (χ0) is 32.9. The average molecular weight is 655 g/mol. The van der Waals surface area contributed by atoms with Crippen LogP contribution in [0.1, 0.15) is 42.6 Å². The van der Waals surface area contributed by atoms with Gasteiger partial charge in [-0.05, 0) is 24.8 Å². The number of amides is 2. The van der Waals surface area contributed by atoms with Crippen LogP contribution in [-0.2, 0) is 30.8 Å². The molecule has 1 aliphatic carbocycles. The quantitative estimate of drug-likeness (QED) is 0.232. The second kappa shape index (κ2) is 18.5. The Hall–Kier alpha value is -2.88. The minimum atomic E-state index is -1.04. The molecule has 1 aromatic heterocycles. The zero-order valence-corrected chi connectivity index (χ0v) is 26.7. The van der Waals surface area contributed by atoms with Gasteiger partial charge in [-0.2, -0.15) is 0 Å². The van der Waals surface area contributed by atoms with E-state index in [4.69, 9.17) is 34.5 Å². The van der Waals surface area contributed by atoms with Gasteiger partial charge in [-0.1, -0.05) is 19.3 Å². The maximum Gasteiger partial charge on any atom is 0.274 e. The Morgan fingerprint density at radius 1 is 0.826 bits per heavy atom. The van der Waals surface area contributed by atoms with Crippen molar-refractivity contribution < 1.29 is 47.2 Å². The first-order valence-electron chi connectivity index (χ1n) is 16.2. The molecule has 2 aromatic rings. The molecule has 1 aromatic carbocycles. The Kier molecular flexibility index (Phi) is 14.4. The molecular weight excluding hydrogens is 606 g/mol. The largest absolute Gasteiger partial charge is 0.488 e. The van der Waals surface area contributed by atoms with Crippen molar-refractivity contribution in [2.75, 3.05) is 92.2 Å². The third-order valence-electron chi connectivity index (χ3n) is 8.54. The Morgan fingerprint density at radius 3 is 1.93 bits per heavy atom. The van der Waals surface area contributed by atoms with Crippen molar-refractivity contribution in [3.05, 3.63) is 29.5 Å². The first kappa shape index (κ1) is 36.0. The number of benzene rings is 1. The molecule has 1 saturated carbocycles. The first-order chi connectivity index (χ1) is 22.3. The van der Waals surface area contributed by atoms with Crippen LogP contribution in [0.4, 0.5) is 8.78 Å². The monoisotopic (exact) mass is 654 g/mol. The van der Waals surface area contributed by atoms with Crippen molar-refractivity contribution in [1.82, 2.24) is 14.4 Å². The summed E-state index contributed by atoms with van der Waals surface area (Å²) in [5.74, 6) is -2.14. The third-order valence-corrected chi connectivity index (χ3v) is 8.54. The van der Waals surface area contributed by atoms with Crippen LogP contribution < -0.4 is 10.5 Å². The van der Waals surface area contributed by atoms with E-state index >= 15 is 0 Å². The topological polar surface area (TPSA) is 138 Å². The van der Waals surface area contributed by atoms with Gasteiger partial charge in [0.1, 0.15) is 6.61 Å². The Balaban J connectivity index is 1.28. The van der Waals surface area contributed by atoms with Crippen LogP contribution in [0, 0.1) is 17.6 Å². The number of ether oxygens (including phenoxy) is 5. The Morgan fingerprint density at radius 2 is 1.35 bits per heavy atom. The summed E-state index contributed by atoms with van der Waals surface area (Å²) in [7, 11) is 1.61. The van der Waals surface area contributed by atoms with E-state index in [0.29, 0.717) is 71.3 Å². The number of aliphatic hydroxyl groups is 1. The number of hydrogen-bond acceptors (Lipinski definition) is 9. The second-order valence-electron chi connectivity index (χ2n) is 11.6. The summed E-state index contributed by atoms with van der Waals surface area (Å²) in [4.78, 5) is 30.3. The predicted molar refractivity (Wildman–Crippen MR) is 166 cm³/mol. The average Bonchev–Trinajstić information content (AvgIpc) is 3.33. The standard InChI is InChI=1S/C32H48F2N4O8/c1-36-27-22-26(34)25(33)21-24(27)30(46-20-19-45-18-17-44-16-15-43-14-13-42-12-11-39)29(36)32(41)38-9-7-37(8-10-38)31(40)28(35)23-5-3-2-4-6-23/h21-23,28,39H,2-20,35H2,1H3/t28-/m0/s1. The van der Waals surface area contributed by atoms with Crippen molar-refractivity contribution in [3.63, 3.8) is 0 Å². The van der Waals surface area contributed by atoms with Crippen LogP contribution in [0.15, 0.2) is 12.1 Å². The van der Waals surface area contributed by atoms with Crippen LogP contribution in [0.25, 0.3) is 10.9 Å². The summed E-state index contributed by atoms with van der Waals surface area (Å²) in [5.41, 5.74) is 6.85. The highest BCUT2D eigenvalue weighted by atomic mass is 19.2. The van der Waals surface area contributed by atoms with Gasteiger partial charge in [0.25, 0.3) is 5.91 Å². The SMILES string of the molecule is Cn1c(C(=O)N2CCN(C(=O)[C@@H](N)C3CCCCC3)CC2)c(OCCOCCOCCOCCOCCO)c2cc(F)c(F)cc21. The van der Waals surface area contributed by atoms with Crippen molar-refractivity contribution in [3.8, 4) is 5.75 Å². The van der Waals surface area contributed by atoms with Crippen molar-refractivity contribution in [2.24, 2.45) is 18.7 Å². The smallest absolute Gasteiger partial charge is 0.274 e. The summed E-state index contributed by atoms with van der Waals surface area (Å²) < 4.78 is 57.5. The lowest BCUT2D eigenvalue weighted by molar-refractivity contribution is -0.135. The first-order valence-corrected chi connectivity index (χ1v) is 16.2. The molecule has 2 amide bonds. The number of hydrogen-bond donors (Lipinski definition) is 2. The van der Waals surface area contributed by atoms with Gasteiger partial charge in [-0.15, -0.1) is 0 Å². The summed E-state index contributed by atoms with van der Waals surface area (Å²) in [6.45, 7) is 4.08. The lowest BCUT2D eigenvalue weighted by atomic mass is 9.83. The highest BCUT2D eigenvalue weighted by molar-refractivity contribution is 6.04. The number of aryl methyl sites for hydroxylation is 1. The molecule has 0 bridgehead atoms. The number of aromatic nitrogens is 1. The molecule has 0 spiro atoms. The van der Waals surface area contributed by atoms with Gasteiger partial charge in [0.05, 0.1) is 71.0 Å². The number of piperazine rings is 1. The van der Waals surface area contributed by atoms with E-state index in [-0.39, 0.29) is 61.0 Å². The lowest BCUT2D eigenvalue weighted by Gasteiger charge is -2.37. The van der Waals surface area contributed by atoms with Gasteiger partial charge in [0.2, 0.25) is 5.91 Å². The number of nitrogens with zero attached hydrogens (tertiary/aromatic N) is 3. The molecule has 258 valence electrons. The molecule has 2 fully saturated rings. The molecule has 1 aliphatic heterocycles. The predicted octanol–water partition coefficient (Wildman–Crippen LogP) is 2.09. The van der Waals surface area contributed by atoms with Crippen molar-refractivity contribution in [2.45, 2.75) is 38.1 Å². The fourth-order valence-electron chi connectivity index (χ4n) is 6.00. The van der Waals surface area contributed by atoms with Crippen LogP contribution in [-0.4, -0.2) is 130 Å². The highest BCUT2D eigenvalue weighted by Gasteiger charge is 2.34. The number of carbonyl (C=O) groups excluding carboxylic acids is 2. The number of rotatable bonds is 18.